The molecule has 0 spiro atoms. The molecule has 0 saturated heterocycles. The van der Waals surface area contributed by atoms with E-state index in [-0.39, 0.29) is 5.89 Å². The molecule has 0 aliphatic rings. The maximum absolute atomic E-state index is 9.62. The molecule has 0 bridgehead atoms. The maximum Gasteiger partial charge on any atom is 0.238 e. The number of nitriles is 1. The number of fused-ring (bicyclic) bond motifs is 1. The van der Waals surface area contributed by atoms with Crippen molar-refractivity contribution in [2.45, 2.75) is 6.61 Å². The fraction of sp³-hybridized carbons (Fsp3) is 0.0435. The Balaban J connectivity index is 1.61. The van der Waals surface area contributed by atoms with Gasteiger partial charge in [-0.2, -0.15) is 5.26 Å². The van der Waals surface area contributed by atoms with Crippen LogP contribution in [0.4, 0.5) is 0 Å². The minimum absolute atomic E-state index is 0.282. The van der Waals surface area contributed by atoms with E-state index in [1.807, 2.05) is 60.7 Å². The van der Waals surface area contributed by atoms with Gasteiger partial charge in [0.15, 0.2) is 5.58 Å². The second-order valence-electron chi connectivity index (χ2n) is 6.35. The zero-order valence-corrected chi connectivity index (χ0v) is 19.3. The highest BCUT2D eigenvalue weighted by Crippen LogP contribution is 2.37. The average Bonchev–Trinajstić information content (AvgIpc) is 3.16. The molecule has 4 rings (SSSR count). The van der Waals surface area contributed by atoms with Crippen molar-refractivity contribution in [2.24, 2.45) is 0 Å². The van der Waals surface area contributed by atoms with Crippen LogP contribution in [-0.4, -0.2) is 4.98 Å². The normalized spacial score (nSPS) is 11.5. The summed E-state index contributed by atoms with van der Waals surface area (Å²) in [6, 6.07) is 20.8. The number of aromatic nitrogens is 1. The molecule has 3 aromatic carbocycles. The number of benzene rings is 3. The van der Waals surface area contributed by atoms with Gasteiger partial charge in [0.05, 0.1) is 8.95 Å². The van der Waals surface area contributed by atoms with Gasteiger partial charge < -0.3 is 9.15 Å². The van der Waals surface area contributed by atoms with E-state index in [0.29, 0.717) is 34.1 Å². The molecular formula is C23H13Br2ClN2O2. The van der Waals surface area contributed by atoms with Gasteiger partial charge in [-0.05, 0) is 73.8 Å². The molecule has 0 aliphatic heterocycles. The maximum atomic E-state index is 9.62. The number of para-hydroxylation sites is 2. The van der Waals surface area contributed by atoms with Crippen molar-refractivity contribution in [3.05, 3.63) is 91.6 Å². The number of ether oxygens (including phenoxy) is 1. The van der Waals surface area contributed by atoms with Crippen LogP contribution in [0.3, 0.4) is 0 Å². The number of hydrogen-bond acceptors (Lipinski definition) is 4. The first-order valence-electron chi connectivity index (χ1n) is 8.88. The van der Waals surface area contributed by atoms with Crippen LogP contribution in [0.15, 0.2) is 74.0 Å². The van der Waals surface area contributed by atoms with E-state index in [0.717, 1.165) is 20.1 Å². The zero-order chi connectivity index (χ0) is 21.1. The van der Waals surface area contributed by atoms with Crippen molar-refractivity contribution in [1.82, 2.24) is 4.98 Å². The summed E-state index contributed by atoms with van der Waals surface area (Å²) in [6.07, 6.45) is 1.72. The van der Waals surface area contributed by atoms with E-state index in [4.69, 9.17) is 20.8 Å². The van der Waals surface area contributed by atoms with Crippen molar-refractivity contribution in [3.8, 4) is 11.8 Å². The molecule has 0 N–H and O–H groups in total. The summed E-state index contributed by atoms with van der Waals surface area (Å²) in [5, 5.41) is 10.3. The van der Waals surface area contributed by atoms with E-state index in [2.05, 4.69) is 42.9 Å². The predicted octanol–water partition coefficient (Wildman–Crippen LogP) is 7.65. The molecule has 0 aliphatic carbocycles. The quantitative estimate of drug-likeness (QED) is 0.242. The molecule has 0 atom stereocenters. The lowest BCUT2D eigenvalue weighted by Gasteiger charge is -2.12. The number of allylic oxidation sites excluding steroid dienone is 1. The molecule has 0 unspecified atom stereocenters. The number of oxazole rings is 1. The standard InChI is InChI=1S/C23H13Br2ClN2O2/c24-17-10-14(9-16(12-27)23-28-20-7-3-4-8-21(20)30-23)11-18(25)22(17)29-13-15-5-1-2-6-19(15)26/h1-11H,13H2/b16-9+. The van der Waals surface area contributed by atoms with Gasteiger partial charge in [-0.1, -0.05) is 41.9 Å². The minimum atomic E-state index is 0.282. The minimum Gasteiger partial charge on any atom is -0.486 e. The Morgan fingerprint density at radius 2 is 1.80 bits per heavy atom. The van der Waals surface area contributed by atoms with Crippen molar-refractivity contribution in [2.75, 3.05) is 0 Å². The van der Waals surface area contributed by atoms with E-state index in [9.17, 15) is 5.26 Å². The van der Waals surface area contributed by atoms with Gasteiger partial charge in [0.25, 0.3) is 0 Å². The lowest BCUT2D eigenvalue weighted by atomic mass is 10.1. The highest BCUT2D eigenvalue weighted by atomic mass is 79.9. The van der Waals surface area contributed by atoms with E-state index < -0.39 is 0 Å². The van der Waals surface area contributed by atoms with E-state index >= 15 is 0 Å². The molecule has 0 fully saturated rings. The smallest absolute Gasteiger partial charge is 0.238 e. The Kier molecular flexibility index (Phi) is 6.24. The summed E-state index contributed by atoms with van der Waals surface area (Å²) in [7, 11) is 0. The summed E-state index contributed by atoms with van der Waals surface area (Å²) in [6.45, 7) is 0.332. The fourth-order valence-electron chi connectivity index (χ4n) is 2.86. The summed E-state index contributed by atoms with van der Waals surface area (Å²) in [4.78, 5) is 4.40. The Labute approximate surface area is 195 Å². The van der Waals surface area contributed by atoms with Gasteiger partial charge in [0.1, 0.15) is 29.5 Å². The van der Waals surface area contributed by atoms with Gasteiger partial charge in [0, 0.05) is 10.6 Å². The van der Waals surface area contributed by atoms with Crippen LogP contribution >= 0.6 is 43.5 Å². The van der Waals surface area contributed by atoms with Crippen molar-refractivity contribution in [1.29, 1.82) is 5.26 Å². The average molecular weight is 545 g/mol. The summed E-state index contributed by atoms with van der Waals surface area (Å²) in [5.41, 5.74) is 3.36. The van der Waals surface area contributed by atoms with Crippen LogP contribution < -0.4 is 4.74 Å². The molecule has 1 aromatic heterocycles. The molecule has 4 aromatic rings. The third-order valence-corrected chi connectivity index (χ3v) is 5.85. The molecule has 0 amide bonds. The molecule has 0 radical (unpaired) electrons. The van der Waals surface area contributed by atoms with Crippen LogP contribution in [0.25, 0.3) is 22.7 Å². The molecule has 7 heteroatoms. The molecule has 4 nitrogen and oxygen atoms in total. The third-order valence-electron chi connectivity index (χ3n) is 4.31. The largest absolute Gasteiger partial charge is 0.486 e. The Morgan fingerprint density at radius 1 is 1.10 bits per heavy atom. The number of nitrogens with zero attached hydrogens (tertiary/aromatic N) is 2. The van der Waals surface area contributed by atoms with Crippen molar-refractivity contribution in [3.63, 3.8) is 0 Å². The van der Waals surface area contributed by atoms with Crippen LogP contribution in [0, 0.1) is 11.3 Å². The Hall–Kier alpha value is -2.59. The summed E-state index contributed by atoms with van der Waals surface area (Å²) < 4.78 is 13.1. The second-order valence-corrected chi connectivity index (χ2v) is 8.47. The van der Waals surface area contributed by atoms with E-state index in [1.165, 1.54) is 0 Å². The highest BCUT2D eigenvalue weighted by Gasteiger charge is 2.13. The third kappa shape index (κ3) is 4.44. The van der Waals surface area contributed by atoms with Crippen LogP contribution in [0.2, 0.25) is 5.02 Å². The first-order chi connectivity index (χ1) is 14.5. The summed E-state index contributed by atoms with van der Waals surface area (Å²) in [5.74, 6) is 0.928. The van der Waals surface area contributed by atoms with Crippen LogP contribution in [-0.2, 0) is 6.61 Å². The second kappa shape index (κ2) is 9.05. The van der Waals surface area contributed by atoms with Gasteiger partial charge in [0.2, 0.25) is 5.89 Å². The first-order valence-corrected chi connectivity index (χ1v) is 10.8. The number of halogens is 3. The van der Waals surface area contributed by atoms with Crippen molar-refractivity contribution < 1.29 is 9.15 Å². The number of rotatable bonds is 5. The molecule has 30 heavy (non-hydrogen) atoms. The number of hydrogen-bond donors (Lipinski definition) is 0. The van der Waals surface area contributed by atoms with Crippen LogP contribution in [0.1, 0.15) is 17.0 Å². The van der Waals surface area contributed by atoms with Gasteiger partial charge >= 0.3 is 0 Å². The van der Waals surface area contributed by atoms with Gasteiger partial charge in [-0.15, -0.1) is 0 Å². The monoisotopic (exact) mass is 542 g/mol. The fourth-order valence-corrected chi connectivity index (χ4v) is 4.50. The molecular weight excluding hydrogens is 532 g/mol. The molecule has 148 valence electrons. The summed E-state index contributed by atoms with van der Waals surface area (Å²) >= 11 is 13.3. The van der Waals surface area contributed by atoms with E-state index in [1.54, 1.807) is 6.08 Å². The molecule has 1 heterocycles. The Morgan fingerprint density at radius 3 is 2.50 bits per heavy atom. The zero-order valence-electron chi connectivity index (χ0n) is 15.4. The lowest BCUT2D eigenvalue weighted by Crippen LogP contribution is -1.98. The SMILES string of the molecule is N#C/C(=C\c1cc(Br)c(OCc2ccccc2Cl)c(Br)c1)c1nc2ccccc2o1. The highest BCUT2D eigenvalue weighted by molar-refractivity contribution is 9.11. The molecule has 0 saturated carbocycles. The Bertz CT molecular complexity index is 1250. The predicted molar refractivity (Wildman–Crippen MR) is 125 cm³/mol. The lowest BCUT2D eigenvalue weighted by molar-refractivity contribution is 0.302. The first kappa shape index (κ1) is 20.7. The van der Waals surface area contributed by atoms with Crippen molar-refractivity contribution >= 4 is 66.2 Å². The topological polar surface area (TPSA) is 59.0 Å². The van der Waals surface area contributed by atoms with Crippen LogP contribution in [0.5, 0.6) is 5.75 Å². The van der Waals surface area contributed by atoms with Gasteiger partial charge in [-0.25, -0.2) is 4.98 Å². The van der Waals surface area contributed by atoms with Gasteiger partial charge in [-0.3, -0.25) is 0 Å².